The second kappa shape index (κ2) is 5.97. The van der Waals surface area contributed by atoms with Crippen molar-refractivity contribution in [1.82, 2.24) is 0 Å². The van der Waals surface area contributed by atoms with Gasteiger partial charge in [0.15, 0.2) is 0 Å². The highest BCUT2D eigenvalue weighted by Crippen LogP contribution is 2.29. The highest BCUT2D eigenvalue weighted by Gasteiger charge is 2.30. The fourth-order valence-electron chi connectivity index (χ4n) is 2.31. The van der Waals surface area contributed by atoms with E-state index in [1.807, 2.05) is 0 Å². The maximum Gasteiger partial charge on any atom is 0.387 e. The summed E-state index contributed by atoms with van der Waals surface area (Å²) >= 11 is 0. The van der Waals surface area contributed by atoms with Crippen LogP contribution >= 0.6 is 0 Å². The van der Waals surface area contributed by atoms with Gasteiger partial charge in [-0.15, -0.1) is 0 Å². The molecular weight excluding hydrogens is 254 g/mol. The Hall–Kier alpha value is -1.69. The summed E-state index contributed by atoms with van der Waals surface area (Å²) in [5.41, 5.74) is 6.08. The molecular formula is C13H16F2N2O2. The van der Waals surface area contributed by atoms with Gasteiger partial charge in [0, 0.05) is 6.04 Å². The molecule has 0 bridgehead atoms. The van der Waals surface area contributed by atoms with Crippen LogP contribution in [-0.4, -0.2) is 18.6 Å². The molecule has 1 aromatic rings. The van der Waals surface area contributed by atoms with Crippen LogP contribution in [0.25, 0.3) is 0 Å². The van der Waals surface area contributed by atoms with Gasteiger partial charge < -0.3 is 15.8 Å². The van der Waals surface area contributed by atoms with Crippen molar-refractivity contribution in [2.75, 3.05) is 5.32 Å². The van der Waals surface area contributed by atoms with Gasteiger partial charge in [-0.1, -0.05) is 18.6 Å². The second-order valence-corrected chi connectivity index (χ2v) is 4.57. The first-order valence-corrected chi connectivity index (χ1v) is 6.18. The average Bonchev–Trinajstić information content (AvgIpc) is 2.77. The summed E-state index contributed by atoms with van der Waals surface area (Å²) in [5.74, 6) is -0.549. The lowest BCUT2D eigenvalue weighted by atomic mass is 10.0. The van der Waals surface area contributed by atoms with E-state index < -0.39 is 6.61 Å². The number of rotatable bonds is 4. The number of halogens is 2. The van der Waals surface area contributed by atoms with Crippen molar-refractivity contribution in [2.45, 2.75) is 31.9 Å². The van der Waals surface area contributed by atoms with Crippen molar-refractivity contribution in [3.63, 3.8) is 0 Å². The number of hydrogen-bond donors (Lipinski definition) is 2. The number of para-hydroxylation sites is 2. The molecule has 0 aromatic heterocycles. The summed E-state index contributed by atoms with van der Waals surface area (Å²) < 4.78 is 28.8. The van der Waals surface area contributed by atoms with E-state index in [-0.39, 0.29) is 29.3 Å². The van der Waals surface area contributed by atoms with E-state index in [0.717, 1.165) is 19.3 Å². The maximum absolute atomic E-state index is 12.2. The van der Waals surface area contributed by atoms with Crippen LogP contribution in [0.15, 0.2) is 24.3 Å². The summed E-state index contributed by atoms with van der Waals surface area (Å²) in [5, 5.41) is 2.61. The van der Waals surface area contributed by atoms with Gasteiger partial charge in [-0.2, -0.15) is 8.78 Å². The summed E-state index contributed by atoms with van der Waals surface area (Å²) in [6, 6.07) is 5.95. The molecule has 0 saturated heterocycles. The highest BCUT2D eigenvalue weighted by atomic mass is 19.3. The Bertz CT molecular complexity index is 454. The topological polar surface area (TPSA) is 64.4 Å². The standard InChI is InChI=1S/C13H16F2N2O2/c14-13(15)19-11-7-2-1-6-10(11)17-12(18)8-4-3-5-9(8)16/h1-2,6-9,13H,3-5,16H2,(H,17,18). The third-order valence-electron chi connectivity index (χ3n) is 3.27. The minimum Gasteiger partial charge on any atom is -0.433 e. The zero-order valence-electron chi connectivity index (χ0n) is 10.3. The van der Waals surface area contributed by atoms with Gasteiger partial charge in [0.25, 0.3) is 0 Å². The molecule has 2 atom stereocenters. The van der Waals surface area contributed by atoms with E-state index in [0.29, 0.717) is 0 Å². The van der Waals surface area contributed by atoms with Crippen LogP contribution < -0.4 is 15.8 Å². The number of ether oxygens (including phenoxy) is 1. The van der Waals surface area contributed by atoms with Crippen molar-refractivity contribution in [3.05, 3.63) is 24.3 Å². The fraction of sp³-hybridized carbons (Fsp3) is 0.462. The first-order valence-electron chi connectivity index (χ1n) is 6.18. The number of amides is 1. The van der Waals surface area contributed by atoms with Gasteiger partial charge in [0.05, 0.1) is 11.6 Å². The highest BCUT2D eigenvalue weighted by molar-refractivity contribution is 5.94. The first kappa shape index (κ1) is 13.7. The minimum atomic E-state index is -2.92. The second-order valence-electron chi connectivity index (χ2n) is 4.57. The largest absolute Gasteiger partial charge is 0.433 e. The van der Waals surface area contributed by atoms with Gasteiger partial charge >= 0.3 is 6.61 Å². The molecule has 2 unspecified atom stereocenters. The summed E-state index contributed by atoms with van der Waals surface area (Å²) in [4.78, 5) is 12.0. The summed E-state index contributed by atoms with van der Waals surface area (Å²) in [6.07, 6.45) is 2.45. The maximum atomic E-state index is 12.2. The zero-order valence-corrected chi connectivity index (χ0v) is 10.3. The Labute approximate surface area is 109 Å². The molecule has 0 spiro atoms. The van der Waals surface area contributed by atoms with Crippen LogP contribution in [0.3, 0.4) is 0 Å². The van der Waals surface area contributed by atoms with Crippen molar-refractivity contribution in [3.8, 4) is 5.75 Å². The van der Waals surface area contributed by atoms with E-state index in [4.69, 9.17) is 5.73 Å². The van der Waals surface area contributed by atoms with Crippen LogP contribution in [0, 0.1) is 5.92 Å². The first-order chi connectivity index (χ1) is 9.08. The third-order valence-corrected chi connectivity index (χ3v) is 3.27. The lowest BCUT2D eigenvalue weighted by Gasteiger charge is -2.17. The quantitative estimate of drug-likeness (QED) is 0.882. The van der Waals surface area contributed by atoms with Gasteiger partial charge in [-0.05, 0) is 25.0 Å². The van der Waals surface area contributed by atoms with E-state index >= 15 is 0 Å². The number of nitrogens with one attached hydrogen (secondary N) is 1. The Kier molecular flexibility index (Phi) is 4.31. The average molecular weight is 270 g/mol. The molecule has 1 aromatic carbocycles. The molecule has 1 amide bonds. The van der Waals surface area contributed by atoms with Crippen LogP contribution in [0.5, 0.6) is 5.75 Å². The van der Waals surface area contributed by atoms with Gasteiger partial charge in [-0.3, -0.25) is 4.79 Å². The van der Waals surface area contributed by atoms with E-state index in [9.17, 15) is 13.6 Å². The zero-order chi connectivity index (χ0) is 13.8. The van der Waals surface area contributed by atoms with Crippen molar-refractivity contribution in [2.24, 2.45) is 11.7 Å². The Morgan fingerprint density at radius 2 is 2.11 bits per heavy atom. The molecule has 4 nitrogen and oxygen atoms in total. The predicted molar refractivity (Wildman–Crippen MR) is 67.0 cm³/mol. The molecule has 1 aliphatic rings. The van der Waals surface area contributed by atoms with Crippen LogP contribution in [-0.2, 0) is 4.79 Å². The van der Waals surface area contributed by atoms with Crippen molar-refractivity contribution >= 4 is 11.6 Å². The lowest BCUT2D eigenvalue weighted by Crippen LogP contribution is -2.34. The molecule has 0 aliphatic heterocycles. The molecule has 6 heteroatoms. The molecule has 0 radical (unpaired) electrons. The fourth-order valence-corrected chi connectivity index (χ4v) is 2.31. The third kappa shape index (κ3) is 3.41. The number of anilines is 1. The minimum absolute atomic E-state index is 0.0441. The molecule has 104 valence electrons. The Morgan fingerprint density at radius 1 is 1.37 bits per heavy atom. The van der Waals surface area contributed by atoms with Gasteiger partial charge in [0.1, 0.15) is 5.75 Å². The molecule has 0 heterocycles. The molecule has 2 rings (SSSR count). The van der Waals surface area contributed by atoms with Gasteiger partial charge in [0.2, 0.25) is 5.91 Å². The Balaban J connectivity index is 2.08. The van der Waals surface area contributed by atoms with Crippen molar-refractivity contribution < 1.29 is 18.3 Å². The molecule has 1 aliphatic carbocycles. The van der Waals surface area contributed by atoms with E-state index in [1.165, 1.54) is 12.1 Å². The summed E-state index contributed by atoms with van der Waals surface area (Å²) in [6.45, 7) is -2.92. The number of carbonyl (C=O) groups is 1. The number of alkyl halides is 2. The number of nitrogens with two attached hydrogens (primary N) is 1. The monoisotopic (exact) mass is 270 g/mol. The van der Waals surface area contributed by atoms with E-state index in [2.05, 4.69) is 10.1 Å². The number of carbonyl (C=O) groups excluding carboxylic acids is 1. The number of benzene rings is 1. The molecule has 1 fully saturated rings. The molecule has 19 heavy (non-hydrogen) atoms. The van der Waals surface area contributed by atoms with Crippen LogP contribution in [0.1, 0.15) is 19.3 Å². The van der Waals surface area contributed by atoms with Crippen LogP contribution in [0.4, 0.5) is 14.5 Å². The number of hydrogen-bond acceptors (Lipinski definition) is 3. The summed E-state index contributed by atoms with van der Waals surface area (Å²) in [7, 11) is 0. The van der Waals surface area contributed by atoms with Crippen molar-refractivity contribution in [1.29, 1.82) is 0 Å². The smallest absolute Gasteiger partial charge is 0.387 e. The predicted octanol–water partition coefficient (Wildman–Crippen LogP) is 2.35. The SMILES string of the molecule is NC1CCCC1C(=O)Nc1ccccc1OC(F)F. The normalized spacial score (nSPS) is 22.5. The van der Waals surface area contributed by atoms with Gasteiger partial charge in [-0.25, -0.2) is 0 Å². The molecule has 3 N–H and O–H groups in total. The Morgan fingerprint density at radius 3 is 2.74 bits per heavy atom. The lowest BCUT2D eigenvalue weighted by molar-refractivity contribution is -0.120. The van der Waals surface area contributed by atoms with Crippen LogP contribution in [0.2, 0.25) is 0 Å². The van der Waals surface area contributed by atoms with E-state index in [1.54, 1.807) is 12.1 Å². The molecule has 1 saturated carbocycles.